The van der Waals surface area contributed by atoms with Crippen molar-refractivity contribution in [1.29, 1.82) is 0 Å². The maximum absolute atomic E-state index is 12.7. The zero-order chi connectivity index (χ0) is 21.8. The highest BCUT2D eigenvalue weighted by atomic mass is 16.2. The van der Waals surface area contributed by atoms with E-state index in [1.54, 1.807) is 4.90 Å². The van der Waals surface area contributed by atoms with Gasteiger partial charge in [-0.25, -0.2) is 0 Å². The number of nitrogens with zero attached hydrogens (tertiary/aromatic N) is 2. The number of amides is 3. The molecule has 0 aromatic heterocycles. The number of rotatable bonds is 6. The molecule has 0 bridgehead atoms. The largest absolute Gasteiger partial charge is 0.355 e. The summed E-state index contributed by atoms with van der Waals surface area (Å²) in [5.41, 5.74) is 4.50. The van der Waals surface area contributed by atoms with Crippen molar-refractivity contribution in [1.82, 2.24) is 10.2 Å². The minimum absolute atomic E-state index is 0.117. The lowest BCUT2D eigenvalue weighted by Crippen LogP contribution is -2.38. The standard InChI is InChI=1S/C25H29N3O3/c1-18-8-10-21(11-9-18)28-16-13-22(25(28)31)24(30)26-14-4-7-23(29)27-15-12-19-5-2-3-6-20(19)17-27/h2-3,5-6,8-11,22H,4,7,12-17H2,1H3,(H,26,30). The van der Waals surface area contributed by atoms with Crippen molar-refractivity contribution < 1.29 is 14.4 Å². The van der Waals surface area contributed by atoms with Crippen molar-refractivity contribution in [2.75, 3.05) is 24.5 Å². The minimum atomic E-state index is -0.643. The zero-order valence-corrected chi connectivity index (χ0v) is 18.0. The summed E-state index contributed by atoms with van der Waals surface area (Å²) in [7, 11) is 0. The summed E-state index contributed by atoms with van der Waals surface area (Å²) in [6.07, 6.45) is 2.38. The van der Waals surface area contributed by atoms with Gasteiger partial charge in [0.25, 0.3) is 0 Å². The maximum atomic E-state index is 12.7. The summed E-state index contributed by atoms with van der Waals surface area (Å²) in [4.78, 5) is 41.3. The van der Waals surface area contributed by atoms with Gasteiger partial charge in [-0.2, -0.15) is 0 Å². The van der Waals surface area contributed by atoms with E-state index in [0.717, 1.165) is 24.2 Å². The number of carbonyl (C=O) groups excluding carboxylic acids is 3. The van der Waals surface area contributed by atoms with Crippen LogP contribution in [0.1, 0.15) is 36.0 Å². The lowest BCUT2D eigenvalue weighted by atomic mass is 9.99. The molecule has 31 heavy (non-hydrogen) atoms. The molecule has 0 aliphatic carbocycles. The Morgan fingerprint density at radius 1 is 1.03 bits per heavy atom. The Labute approximate surface area is 183 Å². The van der Waals surface area contributed by atoms with Crippen molar-refractivity contribution in [3.05, 3.63) is 65.2 Å². The summed E-state index contributed by atoms with van der Waals surface area (Å²) in [5, 5.41) is 2.85. The highest BCUT2D eigenvalue weighted by Crippen LogP contribution is 2.25. The molecule has 162 valence electrons. The molecule has 2 aliphatic heterocycles. The number of hydrogen-bond acceptors (Lipinski definition) is 3. The molecular weight excluding hydrogens is 390 g/mol. The van der Waals surface area contributed by atoms with E-state index in [1.165, 1.54) is 11.1 Å². The zero-order valence-electron chi connectivity index (χ0n) is 18.0. The molecule has 1 fully saturated rings. The predicted octanol–water partition coefficient (Wildman–Crippen LogP) is 2.83. The number of anilines is 1. The number of carbonyl (C=O) groups is 3. The predicted molar refractivity (Wildman–Crippen MR) is 119 cm³/mol. The van der Waals surface area contributed by atoms with Crippen LogP contribution in [-0.4, -0.2) is 42.3 Å². The molecule has 0 spiro atoms. The first-order chi connectivity index (χ1) is 15.0. The topological polar surface area (TPSA) is 69.7 Å². The Balaban J connectivity index is 1.20. The van der Waals surface area contributed by atoms with E-state index in [-0.39, 0.29) is 17.7 Å². The van der Waals surface area contributed by atoms with Crippen LogP contribution in [0.4, 0.5) is 5.69 Å². The molecule has 6 nitrogen and oxygen atoms in total. The molecule has 6 heteroatoms. The van der Waals surface area contributed by atoms with Gasteiger partial charge in [0.15, 0.2) is 0 Å². The maximum Gasteiger partial charge on any atom is 0.239 e. The van der Waals surface area contributed by atoms with Crippen molar-refractivity contribution in [2.24, 2.45) is 5.92 Å². The van der Waals surface area contributed by atoms with Crippen LogP contribution in [0, 0.1) is 12.8 Å². The van der Waals surface area contributed by atoms with Gasteiger partial charge in [-0.3, -0.25) is 14.4 Å². The lowest BCUT2D eigenvalue weighted by molar-refractivity contribution is -0.134. The first-order valence-corrected chi connectivity index (χ1v) is 11.0. The van der Waals surface area contributed by atoms with Crippen LogP contribution in [0.5, 0.6) is 0 Å². The van der Waals surface area contributed by atoms with Gasteiger partial charge in [0.1, 0.15) is 5.92 Å². The summed E-state index contributed by atoms with van der Waals surface area (Å²) in [6.45, 7) is 4.36. The Hall–Kier alpha value is -3.15. The molecule has 3 amide bonds. The van der Waals surface area contributed by atoms with Gasteiger partial charge in [0.2, 0.25) is 17.7 Å². The normalized spacial score (nSPS) is 18.1. The van der Waals surface area contributed by atoms with Gasteiger partial charge in [-0.15, -0.1) is 0 Å². The fraction of sp³-hybridized carbons (Fsp3) is 0.400. The fourth-order valence-corrected chi connectivity index (χ4v) is 4.35. The van der Waals surface area contributed by atoms with Crippen LogP contribution in [0.15, 0.2) is 48.5 Å². The smallest absolute Gasteiger partial charge is 0.239 e. The monoisotopic (exact) mass is 419 g/mol. The number of fused-ring (bicyclic) bond motifs is 1. The first-order valence-electron chi connectivity index (χ1n) is 11.0. The quantitative estimate of drug-likeness (QED) is 0.578. The van der Waals surface area contributed by atoms with Crippen LogP contribution < -0.4 is 10.2 Å². The van der Waals surface area contributed by atoms with Gasteiger partial charge in [0, 0.05) is 38.3 Å². The SMILES string of the molecule is Cc1ccc(N2CCC(C(=O)NCCCC(=O)N3CCc4ccccc4C3)C2=O)cc1. The van der Waals surface area contributed by atoms with Crippen LogP contribution in [0.2, 0.25) is 0 Å². The summed E-state index contributed by atoms with van der Waals surface area (Å²) in [6, 6.07) is 16.0. The van der Waals surface area contributed by atoms with Crippen molar-refractivity contribution >= 4 is 23.4 Å². The molecule has 1 unspecified atom stereocenters. The van der Waals surface area contributed by atoms with E-state index in [1.807, 2.05) is 48.2 Å². The third-order valence-electron chi connectivity index (χ3n) is 6.22. The van der Waals surface area contributed by atoms with Crippen molar-refractivity contribution in [2.45, 2.75) is 39.2 Å². The molecule has 1 atom stereocenters. The van der Waals surface area contributed by atoms with E-state index in [0.29, 0.717) is 38.9 Å². The second kappa shape index (κ2) is 9.33. The Morgan fingerprint density at radius 3 is 2.55 bits per heavy atom. The average molecular weight is 420 g/mol. The molecule has 2 heterocycles. The molecule has 0 saturated carbocycles. The molecular formula is C25H29N3O3. The number of benzene rings is 2. The van der Waals surface area contributed by atoms with Crippen LogP contribution in [-0.2, 0) is 27.3 Å². The molecule has 1 saturated heterocycles. The molecule has 2 aliphatic rings. The van der Waals surface area contributed by atoms with Gasteiger partial charge >= 0.3 is 0 Å². The van der Waals surface area contributed by atoms with Gasteiger partial charge in [-0.1, -0.05) is 42.0 Å². The third-order valence-corrected chi connectivity index (χ3v) is 6.22. The molecule has 1 N–H and O–H groups in total. The highest BCUT2D eigenvalue weighted by molar-refractivity contribution is 6.09. The fourth-order valence-electron chi connectivity index (χ4n) is 4.35. The van der Waals surface area contributed by atoms with E-state index >= 15 is 0 Å². The minimum Gasteiger partial charge on any atom is -0.355 e. The number of nitrogens with one attached hydrogen (secondary N) is 1. The summed E-state index contributed by atoms with van der Waals surface area (Å²) in [5.74, 6) is -0.912. The molecule has 2 aromatic rings. The van der Waals surface area contributed by atoms with Crippen LogP contribution in [0.3, 0.4) is 0 Å². The van der Waals surface area contributed by atoms with Gasteiger partial charge in [-0.05, 0) is 49.4 Å². The lowest BCUT2D eigenvalue weighted by Gasteiger charge is -2.29. The van der Waals surface area contributed by atoms with Crippen molar-refractivity contribution in [3.8, 4) is 0 Å². The second-order valence-electron chi connectivity index (χ2n) is 8.40. The van der Waals surface area contributed by atoms with E-state index in [9.17, 15) is 14.4 Å². The van der Waals surface area contributed by atoms with Crippen LogP contribution in [0.25, 0.3) is 0 Å². The Bertz CT molecular complexity index is 970. The van der Waals surface area contributed by atoms with E-state index in [4.69, 9.17) is 0 Å². The van der Waals surface area contributed by atoms with Crippen molar-refractivity contribution in [3.63, 3.8) is 0 Å². The summed E-state index contributed by atoms with van der Waals surface area (Å²) >= 11 is 0. The summed E-state index contributed by atoms with van der Waals surface area (Å²) < 4.78 is 0. The third kappa shape index (κ3) is 4.79. The highest BCUT2D eigenvalue weighted by Gasteiger charge is 2.37. The second-order valence-corrected chi connectivity index (χ2v) is 8.40. The Morgan fingerprint density at radius 2 is 1.77 bits per heavy atom. The molecule has 0 radical (unpaired) electrons. The van der Waals surface area contributed by atoms with E-state index < -0.39 is 5.92 Å². The first kappa shape index (κ1) is 21.1. The average Bonchev–Trinajstić information content (AvgIpc) is 3.18. The van der Waals surface area contributed by atoms with Gasteiger partial charge < -0.3 is 15.1 Å². The number of aryl methyl sites for hydroxylation is 1. The Kier molecular flexibility index (Phi) is 6.35. The molecule has 2 aromatic carbocycles. The van der Waals surface area contributed by atoms with Gasteiger partial charge in [0.05, 0.1) is 0 Å². The number of hydrogen-bond donors (Lipinski definition) is 1. The van der Waals surface area contributed by atoms with Crippen LogP contribution >= 0.6 is 0 Å². The molecule has 4 rings (SSSR count). The van der Waals surface area contributed by atoms with E-state index in [2.05, 4.69) is 17.4 Å².